The van der Waals surface area contributed by atoms with Gasteiger partial charge in [-0.2, -0.15) is 0 Å². The third-order valence-corrected chi connectivity index (χ3v) is 3.87. The highest BCUT2D eigenvalue weighted by atomic mass is 79.9. The molecule has 0 aromatic heterocycles. The van der Waals surface area contributed by atoms with Gasteiger partial charge < -0.3 is 10.1 Å². The van der Waals surface area contributed by atoms with E-state index in [1.54, 1.807) is 6.07 Å². The van der Waals surface area contributed by atoms with Gasteiger partial charge in [0.2, 0.25) is 0 Å². The van der Waals surface area contributed by atoms with Gasteiger partial charge >= 0.3 is 5.97 Å². The number of para-hydroxylation sites is 1. The summed E-state index contributed by atoms with van der Waals surface area (Å²) in [6.45, 7) is 2.11. The second kappa shape index (κ2) is 7.27. The first kappa shape index (κ1) is 15.6. The van der Waals surface area contributed by atoms with E-state index in [-0.39, 0.29) is 12.0 Å². The van der Waals surface area contributed by atoms with Crippen LogP contribution in [-0.4, -0.2) is 13.1 Å². The molecule has 1 N–H and O–H groups in total. The smallest absolute Gasteiger partial charge is 0.339 e. The summed E-state index contributed by atoms with van der Waals surface area (Å²) in [5, 5.41) is 3.43. The van der Waals surface area contributed by atoms with Gasteiger partial charge in [0, 0.05) is 10.2 Å². The zero-order valence-electron chi connectivity index (χ0n) is 12.1. The number of halogens is 1. The minimum absolute atomic E-state index is 0.143. The predicted octanol–water partition coefficient (Wildman–Crippen LogP) is 4.80. The number of hydrogen-bond acceptors (Lipinski definition) is 3. The predicted molar refractivity (Wildman–Crippen MR) is 88.6 cm³/mol. The maximum Gasteiger partial charge on any atom is 0.339 e. The Labute approximate surface area is 133 Å². The van der Waals surface area contributed by atoms with Crippen molar-refractivity contribution in [1.82, 2.24) is 0 Å². The van der Waals surface area contributed by atoms with Gasteiger partial charge in [-0.15, -0.1) is 0 Å². The maximum atomic E-state index is 11.8. The van der Waals surface area contributed by atoms with E-state index in [0.29, 0.717) is 5.56 Å². The Morgan fingerprint density at radius 1 is 1.19 bits per heavy atom. The van der Waals surface area contributed by atoms with Crippen LogP contribution in [-0.2, 0) is 4.74 Å². The zero-order valence-corrected chi connectivity index (χ0v) is 13.7. The summed E-state index contributed by atoms with van der Waals surface area (Å²) >= 11 is 3.44. The first-order chi connectivity index (χ1) is 10.2. The summed E-state index contributed by atoms with van der Waals surface area (Å²) in [7, 11) is 1.39. The molecule has 0 saturated carbocycles. The molecule has 0 amide bonds. The molecule has 0 saturated heterocycles. The number of methoxy groups -OCH3 is 1. The monoisotopic (exact) mass is 347 g/mol. The Hall–Kier alpha value is -1.81. The van der Waals surface area contributed by atoms with E-state index in [2.05, 4.69) is 40.3 Å². The Morgan fingerprint density at radius 3 is 2.48 bits per heavy atom. The van der Waals surface area contributed by atoms with Gasteiger partial charge in [-0.05, 0) is 36.2 Å². The van der Waals surface area contributed by atoms with Crippen LogP contribution in [0, 0.1) is 0 Å². The summed E-state index contributed by atoms with van der Waals surface area (Å²) in [6, 6.07) is 15.7. The molecule has 0 heterocycles. The molecule has 2 rings (SSSR count). The van der Waals surface area contributed by atoms with Crippen molar-refractivity contribution in [3.63, 3.8) is 0 Å². The van der Waals surface area contributed by atoms with Crippen LogP contribution in [0.15, 0.2) is 53.0 Å². The highest BCUT2D eigenvalue weighted by Gasteiger charge is 2.15. The van der Waals surface area contributed by atoms with E-state index in [4.69, 9.17) is 4.74 Å². The molecule has 2 aromatic carbocycles. The lowest BCUT2D eigenvalue weighted by Gasteiger charge is -2.20. The molecular weight excluding hydrogens is 330 g/mol. The normalized spacial score (nSPS) is 11.8. The topological polar surface area (TPSA) is 38.3 Å². The molecule has 1 atom stereocenters. The lowest BCUT2D eigenvalue weighted by atomic mass is 10.0. The molecule has 4 heteroatoms. The molecule has 21 heavy (non-hydrogen) atoms. The van der Waals surface area contributed by atoms with Crippen molar-refractivity contribution in [2.45, 2.75) is 19.4 Å². The fourth-order valence-electron chi connectivity index (χ4n) is 2.20. The van der Waals surface area contributed by atoms with Crippen molar-refractivity contribution in [2.75, 3.05) is 12.4 Å². The first-order valence-electron chi connectivity index (χ1n) is 6.85. The van der Waals surface area contributed by atoms with Gasteiger partial charge in [-0.25, -0.2) is 4.79 Å². The highest BCUT2D eigenvalue weighted by Crippen LogP contribution is 2.26. The maximum absolute atomic E-state index is 11.8. The number of rotatable bonds is 5. The van der Waals surface area contributed by atoms with Gasteiger partial charge in [0.05, 0.1) is 18.7 Å². The number of esters is 1. The van der Waals surface area contributed by atoms with Crippen molar-refractivity contribution >= 4 is 27.6 Å². The van der Waals surface area contributed by atoms with E-state index in [1.807, 2.05) is 30.3 Å². The fourth-order valence-corrected chi connectivity index (χ4v) is 2.47. The SMILES string of the molecule is CCC(Nc1ccccc1C(=O)OC)c1ccc(Br)cc1. The number of hydrogen-bond donors (Lipinski definition) is 1. The van der Waals surface area contributed by atoms with Crippen LogP contribution in [0.3, 0.4) is 0 Å². The quantitative estimate of drug-likeness (QED) is 0.789. The molecule has 0 aliphatic carbocycles. The average molecular weight is 348 g/mol. The molecule has 0 radical (unpaired) electrons. The summed E-state index contributed by atoms with van der Waals surface area (Å²) < 4.78 is 5.88. The molecule has 2 aromatic rings. The number of carbonyl (C=O) groups is 1. The van der Waals surface area contributed by atoms with Crippen LogP contribution >= 0.6 is 15.9 Å². The van der Waals surface area contributed by atoms with Crippen molar-refractivity contribution in [2.24, 2.45) is 0 Å². The van der Waals surface area contributed by atoms with E-state index in [1.165, 1.54) is 12.7 Å². The fraction of sp³-hybridized carbons (Fsp3) is 0.235. The number of nitrogens with one attached hydrogen (secondary N) is 1. The average Bonchev–Trinajstić information content (AvgIpc) is 2.53. The minimum Gasteiger partial charge on any atom is -0.465 e. The standard InChI is InChI=1S/C17H18BrNO2/c1-3-15(12-8-10-13(18)11-9-12)19-16-7-5-4-6-14(16)17(20)21-2/h4-11,15,19H,3H2,1-2H3. The van der Waals surface area contributed by atoms with Gasteiger partial charge in [0.25, 0.3) is 0 Å². The molecule has 0 aliphatic rings. The number of anilines is 1. The van der Waals surface area contributed by atoms with Crippen LogP contribution in [0.5, 0.6) is 0 Å². The molecule has 1 unspecified atom stereocenters. The lowest BCUT2D eigenvalue weighted by molar-refractivity contribution is 0.0602. The molecule has 0 bridgehead atoms. The molecule has 3 nitrogen and oxygen atoms in total. The molecule has 0 spiro atoms. The highest BCUT2D eigenvalue weighted by molar-refractivity contribution is 9.10. The first-order valence-corrected chi connectivity index (χ1v) is 7.64. The Kier molecular flexibility index (Phi) is 5.39. The minimum atomic E-state index is -0.330. The summed E-state index contributed by atoms with van der Waals surface area (Å²) in [4.78, 5) is 11.8. The Morgan fingerprint density at radius 2 is 1.86 bits per heavy atom. The number of ether oxygens (including phenoxy) is 1. The lowest BCUT2D eigenvalue weighted by Crippen LogP contribution is -2.13. The van der Waals surface area contributed by atoms with Gasteiger partial charge in [0.1, 0.15) is 0 Å². The summed E-state index contributed by atoms with van der Waals surface area (Å²) in [5.41, 5.74) is 2.52. The van der Waals surface area contributed by atoms with Crippen LogP contribution in [0.4, 0.5) is 5.69 Å². The van der Waals surface area contributed by atoms with Crippen molar-refractivity contribution in [1.29, 1.82) is 0 Å². The van der Waals surface area contributed by atoms with E-state index in [9.17, 15) is 4.79 Å². The van der Waals surface area contributed by atoms with E-state index >= 15 is 0 Å². The molecule has 0 fully saturated rings. The van der Waals surface area contributed by atoms with Gasteiger partial charge in [0.15, 0.2) is 0 Å². The van der Waals surface area contributed by atoms with E-state index < -0.39 is 0 Å². The second-order valence-electron chi connectivity index (χ2n) is 4.69. The van der Waals surface area contributed by atoms with E-state index in [0.717, 1.165) is 16.6 Å². The summed E-state index contributed by atoms with van der Waals surface area (Å²) in [6.07, 6.45) is 0.914. The Bertz CT molecular complexity index is 610. The largest absolute Gasteiger partial charge is 0.465 e. The molecule has 110 valence electrons. The van der Waals surface area contributed by atoms with Gasteiger partial charge in [-0.1, -0.05) is 47.1 Å². The number of carbonyl (C=O) groups excluding carboxylic acids is 1. The second-order valence-corrected chi connectivity index (χ2v) is 5.61. The molecule has 0 aliphatic heterocycles. The zero-order chi connectivity index (χ0) is 15.2. The van der Waals surface area contributed by atoms with Crippen LogP contribution in [0.1, 0.15) is 35.3 Å². The van der Waals surface area contributed by atoms with Crippen molar-refractivity contribution in [3.8, 4) is 0 Å². The third-order valence-electron chi connectivity index (χ3n) is 3.34. The van der Waals surface area contributed by atoms with Crippen molar-refractivity contribution in [3.05, 3.63) is 64.1 Å². The van der Waals surface area contributed by atoms with Crippen LogP contribution < -0.4 is 5.32 Å². The molecular formula is C17H18BrNO2. The van der Waals surface area contributed by atoms with Crippen LogP contribution in [0.25, 0.3) is 0 Å². The van der Waals surface area contributed by atoms with Gasteiger partial charge in [-0.3, -0.25) is 0 Å². The number of benzene rings is 2. The Balaban J connectivity index is 2.27. The van der Waals surface area contributed by atoms with Crippen LogP contribution in [0.2, 0.25) is 0 Å². The third kappa shape index (κ3) is 3.85. The summed E-state index contributed by atoms with van der Waals surface area (Å²) in [5.74, 6) is -0.330. The van der Waals surface area contributed by atoms with Crippen molar-refractivity contribution < 1.29 is 9.53 Å².